The molecule has 6 nitrogen and oxygen atoms in total. The van der Waals surface area contributed by atoms with Crippen LogP contribution in [-0.4, -0.2) is 22.1 Å². The van der Waals surface area contributed by atoms with Crippen LogP contribution in [0.3, 0.4) is 0 Å². The van der Waals surface area contributed by atoms with Gasteiger partial charge < -0.3 is 11.1 Å². The number of anilines is 1. The third kappa shape index (κ3) is 4.58. The second kappa shape index (κ2) is 7.97. The van der Waals surface area contributed by atoms with Gasteiger partial charge in [0.05, 0.1) is 10.7 Å². The molecule has 0 bridgehead atoms. The summed E-state index contributed by atoms with van der Waals surface area (Å²) < 4.78 is 1.02. The number of aromatic nitrogens is 2. The Balaban J connectivity index is 1.97. The van der Waals surface area contributed by atoms with Crippen LogP contribution in [-0.2, 0) is 6.42 Å². The summed E-state index contributed by atoms with van der Waals surface area (Å²) in [5, 5.41) is 11.5. The number of nitrogens with one attached hydrogen (secondary N) is 2. The molecule has 2 aromatic heterocycles. The van der Waals surface area contributed by atoms with Crippen molar-refractivity contribution < 1.29 is 4.79 Å². The van der Waals surface area contributed by atoms with Gasteiger partial charge >= 0.3 is 6.03 Å². The fraction of sp³-hybridized carbons (Fsp3) is 0.353. The van der Waals surface area contributed by atoms with Crippen molar-refractivity contribution in [3.8, 4) is 0 Å². The second-order valence-electron chi connectivity index (χ2n) is 5.90. The molecule has 0 unspecified atom stereocenters. The van der Waals surface area contributed by atoms with Crippen LogP contribution in [0.5, 0.6) is 0 Å². The third-order valence-electron chi connectivity index (χ3n) is 3.66. The van der Waals surface area contributed by atoms with Crippen LogP contribution in [0.2, 0.25) is 5.02 Å². The van der Waals surface area contributed by atoms with E-state index in [0.29, 0.717) is 23.2 Å². The molecule has 0 atom stereocenters. The number of carbonyl (C=O) groups excluding carboxylic acids is 1. The van der Waals surface area contributed by atoms with Crippen LogP contribution in [0.4, 0.5) is 10.5 Å². The smallest absolute Gasteiger partial charge is 0.324 e. The lowest BCUT2D eigenvalue weighted by molar-refractivity contribution is 0.249. The summed E-state index contributed by atoms with van der Waals surface area (Å²) in [6, 6.07) is 5.03. The topological polar surface area (TPSA) is 96.8 Å². The van der Waals surface area contributed by atoms with Gasteiger partial charge in [-0.1, -0.05) is 25.4 Å². The number of hydrogen-bond acceptors (Lipinski definition) is 4. The lowest BCUT2D eigenvalue weighted by Crippen LogP contribution is -2.33. The van der Waals surface area contributed by atoms with Gasteiger partial charge in [0.2, 0.25) is 0 Å². The summed E-state index contributed by atoms with van der Waals surface area (Å²) in [6.07, 6.45) is 4.96. The van der Waals surface area contributed by atoms with Gasteiger partial charge in [-0.05, 0) is 42.5 Å². The molecular weight excluding hydrogens is 326 g/mol. The number of hydrogen-bond donors (Lipinski definition) is 3. The molecule has 2 aromatic rings. The van der Waals surface area contributed by atoms with E-state index >= 15 is 0 Å². The summed E-state index contributed by atoms with van der Waals surface area (Å²) in [5.41, 5.74) is 8.04. The standard InChI is InChI=1S/C17H22ClN5O/c1-11(2)14-8-12(5-7-22-14)4-3-6-21-15-9-13(18)10-23(16(15)19)17(20)24/h5,7-11,19,21H,3-4,6H2,1-2H3,(H2,20,24). The number of rotatable bonds is 6. The lowest BCUT2D eigenvalue weighted by atomic mass is 10.1. The highest BCUT2D eigenvalue weighted by atomic mass is 35.5. The van der Waals surface area contributed by atoms with Crippen LogP contribution in [0.1, 0.15) is 37.4 Å². The predicted octanol–water partition coefficient (Wildman–Crippen LogP) is 3.11. The molecule has 7 heteroatoms. The average Bonchev–Trinajstić information content (AvgIpc) is 2.54. The third-order valence-corrected chi connectivity index (χ3v) is 3.87. The fourth-order valence-electron chi connectivity index (χ4n) is 2.35. The summed E-state index contributed by atoms with van der Waals surface area (Å²) in [5.74, 6) is 0.407. The number of primary amides is 1. The first-order valence-electron chi connectivity index (χ1n) is 7.83. The van der Waals surface area contributed by atoms with Crippen molar-refractivity contribution in [1.82, 2.24) is 9.55 Å². The van der Waals surface area contributed by atoms with E-state index < -0.39 is 6.03 Å². The normalized spacial score (nSPS) is 10.8. The Labute approximate surface area is 146 Å². The molecule has 0 spiro atoms. The van der Waals surface area contributed by atoms with Crippen molar-refractivity contribution in [1.29, 1.82) is 5.41 Å². The van der Waals surface area contributed by atoms with Crippen LogP contribution in [0, 0.1) is 5.41 Å². The van der Waals surface area contributed by atoms with Crippen molar-refractivity contribution in [2.45, 2.75) is 32.6 Å². The first-order valence-corrected chi connectivity index (χ1v) is 8.21. The maximum Gasteiger partial charge on any atom is 0.324 e. The summed E-state index contributed by atoms with van der Waals surface area (Å²) in [7, 11) is 0. The van der Waals surface area contributed by atoms with Crippen LogP contribution < -0.4 is 16.5 Å². The largest absolute Gasteiger partial charge is 0.382 e. The number of nitrogens with zero attached hydrogens (tertiary/aromatic N) is 2. The van der Waals surface area contributed by atoms with Crippen molar-refractivity contribution in [3.05, 3.63) is 52.4 Å². The number of carbonyl (C=O) groups is 1. The van der Waals surface area contributed by atoms with Gasteiger partial charge in [-0.15, -0.1) is 0 Å². The van der Waals surface area contributed by atoms with E-state index in [1.807, 2.05) is 12.3 Å². The number of pyridine rings is 2. The minimum absolute atomic E-state index is 0.00194. The summed E-state index contributed by atoms with van der Waals surface area (Å²) in [6.45, 7) is 4.90. The molecular formula is C17H22ClN5O. The van der Waals surface area contributed by atoms with Crippen LogP contribution in [0.25, 0.3) is 0 Å². The molecule has 2 heterocycles. The quantitative estimate of drug-likeness (QED) is 0.700. The number of halogens is 1. The highest BCUT2D eigenvalue weighted by Crippen LogP contribution is 2.14. The molecule has 0 radical (unpaired) electrons. The second-order valence-corrected chi connectivity index (χ2v) is 6.34. The molecule has 0 aromatic carbocycles. The molecule has 24 heavy (non-hydrogen) atoms. The van der Waals surface area contributed by atoms with E-state index in [1.165, 1.54) is 11.8 Å². The Bertz CT molecular complexity index is 785. The molecule has 0 saturated carbocycles. The lowest BCUT2D eigenvalue weighted by Gasteiger charge is -2.11. The van der Waals surface area contributed by atoms with E-state index in [9.17, 15) is 4.79 Å². The highest BCUT2D eigenvalue weighted by molar-refractivity contribution is 6.30. The van der Waals surface area contributed by atoms with Gasteiger partial charge in [-0.2, -0.15) is 0 Å². The minimum atomic E-state index is -0.733. The van der Waals surface area contributed by atoms with E-state index in [2.05, 4.69) is 30.2 Å². The van der Waals surface area contributed by atoms with Gasteiger partial charge in [-0.3, -0.25) is 15.0 Å². The zero-order chi connectivity index (χ0) is 17.7. The molecule has 128 valence electrons. The zero-order valence-electron chi connectivity index (χ0n) is 13.8. The van der Waals surface area contributed by atoms with Crippen molar-refractivity contribution >= 4 is 23.3 Å². The molecule has 0 aliphatic carbocycles. The Hall–Kier alpha value is -2.34. The predicted molar refractivity (Wildman–Crippen MR) is 95.4 cm³/mol. The average molecular weight is 348 g/mol. The van der Waals surface area contributed by atoms with Gasteiger partial charge in [0.15, 0.2) is 5.49 Å². The summed E-state index contributed by atoms with van der Waals surface area (Å²) in [4.78, 5) is 15.7. The first-order chi connectivity index (χ1) is 11.4. The molecule has 0 fully saturated rings. The van der Waals surface area contributed by atoms with Gasteiger partial charge in [0.25, 0.3) is 0 Å². The van der Waals surface area contributed by atoms with Crippen LogP contribution >= 0.6 is 11.6 Å². The van der Waals surface area contributed by atoms with E-state index in [-0.39, 0.29) is 5.49 Å². The molecule has 0 saturated heterocycles. The molecule has 2 rings (SSSR count). The van der Waals surface area contributed by atoms with Crippen molar-refractivity contribution in [2.75, 3.05) is 11.9 Å². The fourth-order valence-corrected chi connectivity index (χ4v) is 2.56. The number of amides is 1. The van der Waals surface area contributed by atoms with Crippen molar-refractivity contribution in [2.24, 2.45) is 5.73 Å². The number of nitrogens with two attached hydrogens (primary N) is 1. The van der Waals surface area contributed by atoms with E-state index in [4.69, 9.17) is 22.7 Å². The van der Waals surface area contributed by atoms with Crippen LogP contribution in [0.15, 0.2) is 30.6 Å². The Morgan fingerprint density at radius 1 is 1.46 bits per heavy atom. The monoisotopic (exact) mass is 347 g/mol. The summed E-state index contributed by atoms with van der Waals surface area (Å²) >= 11 is 5.96. The number of aryl methyl sites for hydroxylation is 1. The molecule has 4 N–H and O–H groups in total. The Morgan fingerprint density at radius 2 is 2.21 bits per heavy atom. The zero-order valence-corrected chi connectivity index (χ0v) is 14.6. The Kier molecular flexibility index (Phi) is 5.98. The minimum Gasteiger partial charge on any atom is -0.382 e. The SMILES string of the molecule is CC(C)c1cc(CCCNc2cc(Cl)cn(C(N)=O)c2=N)ccn1. The van der Waals surface area contributed by atoms with Gasteiger partial charge in [0, 0.05) is 24.6 Å². The van der Waals surface area contributed by atoms with Gasteiger partial charge in [0.1, 0.15) is 0 Å². The maximum atomic E-state index is 11.3. The van der Waals surface area contributed by atoms with Gasteiger partial charge in [-0.25, -0.2) is 4.79 Å². The van der Waals surface area contributed by atoms with E-state index in [1.54, 1.807) is 6.07 Å². The van der Waals surface area contributed by atoms with E-state index in [0.717, 1.165) is 23.1 Å². The highest BCUT2D eigenvalue weighted by Gasteiger charge is 2.07. The molecule has 1 amide bonds. The molecule has 0 aliphatic heterocycles. The Morgan fingerprint density at radius 3 is 2.88 bits per heavy atom. The molecule has 0 aliphatic rings. The first kappa shape index (κ1) is 18.0. The maximum absolute atomic E-state index is 11.3. The van der Waals surface area contributed by atoms with Crippen molar-refractivity contribution in [3.63, 3.8) is 0 Å².